The van der Waals surface area contributed by atoms with Crippen LogP contribution < -0.4 is 10.6 Å². The van der Waals surface area contributed by atoms with Gasteiger partial charge in [-0.15, -0.1) is 0 Å². The summed E-state index contributed by atoms with van der Waals surface area (Å²) in [5, 5.41) is 6.78. The number of likely N-dealkylation sites (tertiary alicyclic amines) is 1. The van der Waals surface area contributed by atoms with E-state index in [9.17, 15) is 0 Å². The summed E-state index contributed by atoms with van der Waals surface area (Å²) >= 11 is 0. The molecule has 0 atom stereocenters. The normalized spacial score (nSPS) is 18.5. The molecule has 2 rings (SSSR count). The van der Waals surface area contributed by atoms with Gasteiger partial charge in [0, 0.05) is 24.8 Å². The van der Waals surface area contributed by atoms with Crippen LogP contribution in [-0.4, -0.2) is 48.1 Å². The van der Waals surface area contributed by atoms with Crippen LogP contribution in [0.2, 0.25) is 0 Å². The highest BCUT2D eigenvalue weighted by Crippen LogP contribution is 2.30. The summed E-state index contributed by atoms with van der Waals surface area (Å²) in [7, 11) is 2.20. The second-order valence-electron chi connectivity index (χ2n) is 6.61. The van der Waals surface area contributed by atoms with E-state index >= 15 is 0 Å². The van der Waals surface area contributed by atoms with Gasteiger partial charge in [-0.25, -0.2) is 4.98 Å². The van der Waals surface area contributed by atoms with Crippen LogP contribution in [0.3, 0.4) is 0 Å². The van der Waals surface area contributed by atoms with Crippen LogP contribution in [0.1, 0.15) is 38.8 Å². The van der Waals surface area contributed by atoms with Crippen LogP contribution in [-0.2, 0) is 0 Å². The lowest BCUT2D eigenvalue weighted by molar-refractivity contribution is 0.150. The quantitative estimate of drug-likeness (QED) is 0.844. The third-order valence-corrected chi connectivity index (χ3v) is 4.28. The highest BCUT2D eigenvalue weighted by Gasteiger charge is 2.28. The smallest absolute Gasteiger partial charge is 0.224 e. The average Bonchev–Trinajstić information content (AvgIpc) is 2.46. The highest BCUT2D eigenvalue weighted by atomic mass is 15.1. The Labute approximate surface area is 128 Å². The molecule has 1 aliphatic heterocycles. The summed E-state index contributed by atoms with van der Waals surface area (Å²) in [6.45, 7) is 10.8. The molecule has 2 heterocycles. The number of anilines is 2. The molecule has 1 aliphatic rings. The first-order chi connectivity index (χ1) is 10.0. The van der Waals surface area contributed by atoms with Crippen LogP contribution in [0.4, 0.5) is 11.8 Å². The number of hydrogen-bond acceptors (Lipinski definition) is 5. The molecule has 1 fully saturated rings. The monoisotopic (exact) mass is 291 g/mol. The van der Waals surface area contributed by atoms with Gasteiger partial charge >= 0.3 is 0 Å². The molecule has 1 aromatic rings. The second kappa shape index (κ2) is 7.07. The van der Waals surface area contributed by atoms with Crippen molar-refractivity contribution in [3.05, 3.63) is 11.8 Å². The summed E-state index contributed by atoms with van der Waals surface area (Å²) in [5.41, 5.74) is 1.36. The Hall–Kier alpha value is -1.36. The molecule has 118 valence electrons. The molecule has 0 aromatic carbocycles. The molecule has 0 bridgehead atoms. The second-order valence-corrected chi connectivity index (χ2v) is 6.61. The standard InChI is InChI=1S/C16H29N5/c1-5-8-17-15-19-13(2)11-14(20-15)18-12-16(3)6-9-21(4)10-7-16/h11H,5-10,12H2,1-4H3,(H2,17,18,19,20). The van der Waals surface area contributed by atoms with Crippen molar-refractivity contribution < 1.29 is 0 Å². The highest BCUT2D eigenvalue weighted by molar-refractivity contribution is 5.42. The van der Waals surface area contributed by atoms with Gasteiger partial charge in [-0.1, -0.05) is 13.8 Å². The summed E-state index contributed by atoms with van der Waals surface area (Å²) in [5.74, 6) is 1.66. The fourth-order valence-electron chi connectivity index (χ4n) is 2.61. The molecule has 2 N–H and O–H groups in total. The third kappa shape index (κ3) is 4.84. The van der Waals surface area contributed by atoms with E-state index in [2.05, 4.69) is 46.4 Å². The van der Waals surface area contributed by atoms with Crippen LogP contribution in [0.5, 0.6) is 0 Å². The van der Waals surface area contributed by atoms with E-state index in [4.69, 9.17) is 0 Å². The minimum atomic E-state index is 0.363. The molecule has 1 saturated heterocycles. The number of nitrogens with zero attached hydrogens (tertiary/aromatic N) is 3. The van der Waals surface area contributed by atoms with Crippen molar-refractivity contribution in [3.8, 4) is 0 Å². The fourth-order valence-corrected chi connectivity index (χ4v) is 2.61. The van der Waals surface area contributed by atoms with Crippen molar-refractivity contribution >= 4 is 11.8 Å². The number of nitrogens with one attached hydrogen (secondary N) is 2. The Morgan fingerprint density at radius 2 is 1.95 bits per heavy atom. The van der Waals surface area contributed by atoms with E-state index in [1.165, 1.54) is 25.9 Å². The molecule has 0 spiro atoms. The zero-order valence-electron chi connectivity index (χ0n) is 13.9. The zero-order valence-corrected chi connectivity index (χ0v) is 13.9. The Bertz CT molecular complexity index is 452. The molecule has 0 saturated carbocycles. The molecule has 21 heavy (non-hydrogen) atoms. The van der Waals surface area contributed by atoms with Crippen molar-refractivity contribution in [3.63, 3.8) is 0 Å². The van der Waals surface area contributed by atoms with Crippen molar-refractivity contribution in [2.45, 2.75) is 40.0 Å². The molecule has 5 heteroatoms. The Morgan fingerprint density at radius 3 is 2.62 bits per heavy atom. The molecular formula is C16H29N5. The average molecular weight is 291 g/mol. The summed E-state index contributed by atoms with van der Waals surface area (Å²) in [4.78, 5) is 11.4. The first kappa shape index (κ1) is 16.0. The van der Waals surface area contributed by atoms with Crippen molar-refractivity contribution in [2.75, 3.05) is 43.9 Å². The lowest BCUT2D eigenvalue weighted by atomic mass is 9.80. The van der Waals surface area contributed by atoms with Crippen molar-refractivity contribution in [2.24, 2.45) is 5.41 Å². The predicted octanol–water partition coefficient (Wildman–Crippen LogP) is 2.75. The minimum Gasteiger partial charge on any atom is -0.369 e. The fraction of sp³-hybridized carbons (Fsp3) is 0.750. The van der Waals surface area contributed by atoms with Crippen LogP contribution in [0, 0.1) is 12.3 Å². The van der Waals surface area contributed by atoms with Crippen molar-refractivity contribution in [1.82, 2.24) is 14.9 Å². The van der Waals surface area contributed by atoms with Gasteiger partial charge in [-0.05, 0) is 51.7 Å². The van der Waals surface area contributed by atoms with Gasteiger partial charge in [0.05, 0.1) is 0 Å². The minimum absolute atomic E-state index is 0.363. The summed E-state index contributed by atoms with van der Waals surface area (Å²) in [6.07, 6.45) is 3.55. The van der Waals surface area contributed by atoms with E-state index < -0.39 is 0 Å². The van der Waals surface area contributed by atoms with E-state index in [1.807, 2.05) is 13.0 Å². The number of aromatic nitrogens is 2. The zero-order chi connectivity index (χ0) is 15.3. The summed E-state index contributed by atoms with van der Waals surface area (Å²) < 4.78 is 0. The van der Waals surface area contributed by atoms with Crippen LogP contribution in [0.25, 0.3) is 0 Å². The SMILES string of the molecule is CCCNc1nc(C)cc(NCC2(C)CCN(C)CC2)n1. The van der Waals surface area contributed by atoms with Gasteiger partial charge < -0.3 is 15.5 Å². The first-order valence-corrected chi connectivity index (χ1v) is 8.03. The van der Waals surface area contributed by atoms with Gasteiger partial charge in [0.2, 0.25) is 5.95 Å². The lowest BCUT2D eigenvalue weighted by Gasteiger charge is -2.38. The van der Waals surface area contributed by atoms with E-state index in [0.717, 1.165) is 37.0 Å². The Kier molecular flexibility index (Phi) is 5.39. The van der Waals surface area contributed by atoms with Crippen LogP contribution in [0.15, 0.2) is 6.07 Å². The molecule has 0 amide bonds. The molecule has 0 radical (unpaired) electrons. The third-order valence-electron chi connectivity index (χ3n) is 4.28. The van der Waals surface area contributed by atoms with Gasteiger partial charge in [-0.2, -0.15) is 4.98 Å². The van der Waals surface area contributed by atoms with Gasteiger partial charge in [0.25, 0.3) is 0 Å². The summed E-state index contributed by atoms with van der Waals surface area (Å²) in [6, 6.07) is 2.02. The number of piperidine rings is 1. The number of aryl methyl sites for hydroxylation is 1. The Balaban J connectivity index is 1.94. The van der Waals surface area contributed by atoms with Gasteiger partial charge in [0.1, 0.15) is 5.82 Å². The lowest BCUT2D eigenvalue weighted by Crippen LogP contribution is -2.40. The van der Waals surface area contributed by atoms with E-state index in [0.29, 0.717) is 5.41 Å². The first-order valence-electron chi connectivity index (χ1n) is 8.03. The Morgan fingerprint density at radius 1 is 1.24 bits per heavy atom. The van der Waals surface area contributed by atoms with Crippen molar-refractivity contribution in [1.29, 1.82) is 0 Å². The predicted molar refractivity (Wildman–Crippen MR) is 88.9 cm³/mol. The molecular weight excluding hydrogens is 262 g/mol. The van der Waals surface area contributed by atoms with E-state index in [1.54, 1.807) is 0 Å². The number of hydrogen-bond donors (Lipinski definition) is 2. The maximum absolute atomic E-state index is 4.56. The van der Waals surface area contributed by atoms with Crippen LogP contribution >= 0.6 is 0 Å². The van der Waals surface area contributed by atoms with Gasteiger partial charge in [-0.3, -0.25) is 0 Å². The topological polar surface area (TPSA) is 53.1 Å². The molecule has 0 unspecified atom stereocenters. The largest absolute Gasteiger partial charge is 0.369 e. The molecule has 5 nitrogen and oxygen atoms in total. The molecule has 1 aromatic heterocycles. The maximum Gasteiger partial charge on any atom is 0.224 e. The van der Waals surface area contributed by atoms with Gasteiger partial charge in [0.15, 0.2) is 0 Å². The number of rotatable bonds is 6. The maximum atomic E-state index is 4.56. The molecule has 0 aliphatic carbocycles. The van der Waals surface area contributed by atoms with E-state index in [-0.39, 0.29) is 0 Å².